The predicted molar refractivity (Wildman–Crippen MR) is 97.4 cm³/mol. The molecule has 6 nitrogen and oxygen atoms in total. The first kappa shape index (κ1) is 24.7. The molecule has 0 heterocycles. The Labute approximate surface area is 143 Å². The van der Waals surface area contributed by atoms with Crippen molar-refractivity contribution in [3.63, 3.8) is 0 Å². The molecule has 0 aliphatic rings. The molecule has 0 amide bonds. The first-order chi connectivity index (χ1) is 10.4. The second-order valence-corrected chi connectivity index (χ2v) is 13.3. The van der Waals surface area contributed by atoms with Gasteiger partial charge in [0.2, 0.25) is 0 Å². The Morgan fingerprint density at radius 2 is 1.87 bits per heavy atom. The van der Waals surface area contributed by atoms with E-state index in [1.54, 1.807) is 13.8 Å². The lowest BCUT2D eigenvalue weighted by Gasteiger charge is -2.33. The molecule has 0 rings (SSSR count). The minimum Gasteiger partial charge on any atom is -0.463 e. The van der Waals surface area contributed by atoms with Gasteiger partial charge in [-0.3, -0.25) is 0 Å². The first-order valence-corrected chi connectivity index (χ1v) is 12.6. The number of hydrogen-bond acceptors (Lipinski definition) is 6. The van der Waals surface area contributed by atoms with E-state index in [9.17, 15) is 15.0 Å². The zero-order chi connectivity index (χ0) is 18.7. The Balaban J connectivity index is 0. The number of aliphatic hydroxyl groups is 3. The maximum absolute atomic E-state index is 10.4. The summed E-state index contributed by atoms with van der Waals surface area (Å²) in [5.41, 5.74) is 0.451. The smallest absolute Gasteiger partial charge is 0.333 e. The van der Waals surface area contributed by atoms with Crippen LogP contribution in [-0.2, 0) is 13.6 Å². The molecule has 0 aliphatic heterocycles. The molecule has 0 aromatic rings. The predicted octanol–water partition coefficient (Wildman–Crippen LogP) is 0.889. The molecule has 8 heteroatoms. The quantitative estimate of drug-likeness (QED) is 0.319. The van der Waals surface area contributed by atoms with Crippen LogP contribution in [0.4, 0.5) is 0 Å². The van der Waals surface area contributed by atoms with Gasteiger partial charge in [-0.15, -0.1) is 0 Å². The summed E-state index contributed by atoms with van der Waals surface area (Å²) in [6.45, 7) is 14.9. The zero-order valence-electron chi connectivity index (χ0n) is 15.4. The third-order valence-corrected chi connectivity index (χ3v) is 8.22. The summed E-state index contributed by atoms with van der Waals surface area (Å²) in [7, 11) is -2.88. The lowest BCUT2D eigenvalue weighted by atomic mass is 10.1. The van der Waals surface area contributed by atoms with E-state index in [0.717, 1.165) is 6.42 Å². The van der Waals surface area contributed by atoms with Crippen molar-refractivity contribution in [2.24, 2.45) is 0 Å². The molecule has 23 heavy (non-hydrogen) atoms. The van der Waals surface area contributed by atoms with Gasteiger partial charge in [0.25, 0.3) is 0 Å². The summed E-state index contributed by atoms with van der Waals surface area (Å²) in [6.07, 6.45) is 0.196. The Morgan fingerprint density at radius 3 is 2.13 bits per heavy atom. The maximum Gasteiger partial charge on any atom is 0.333 e. The highest BCUT2D eigenvalue weighted by atomic mass is 28.4. The highest BCUT2D eigenvalue weighted by Crippen LogP contribution is 2.18. The summed E-state index contributed by atoms with van der Waals surface area (Å²) in [5, 5.41) is 27.5. The van der Waals surface area contributed by atoms with Crippen LogP contribution in [0.15, 0.2) is 12.2 Å². The third-order valence-electron chi connectivity index (χ3n) is 2.86. The van der Waals surface area contributed by atoms with Crippen molar-refractivity contribution >= 4 is 24.0 Å². The minimum atomic E-state index is -1.65. The fourth-order valence-electron chi connectivity index (χ4n) is 1.53. The van der Waals surface area contributed by atoms with E-state index in [2.05, 4.69) is 31.0 Å². The van der Waals surface area contributed by atoms with Crippen LogP contribution in [0.25, 0.3) is 0 Å². The second kappa shape index (κ2) is 11.9. The maximum atomic E-state index is 10.4. The molecule has 2 unspecified atom stereocenters. The molecular weight excluding hydrogens is 332 g/mol. The van der Waals surface area contributed by atoms with E-state index in [1.165, 1.54) is 0 Å². The van der Waals surface area contributed by atoms with Crippen molar-refractivity contribution in [1.82, 2.24) is 0 Å². The molecule has 0 fully saturated rings. The van der Waals surface area contributed by atoms with E-state index < -0.39 is 36.0 Å². The van der Waals surface area contributed by atoms with Crippen molar-refractivity contribution in [2.45, 2.75) is 64.6 Å². The third kappa shape index (κ3) is 12.6. The normalized spacial score (nSPS) is 15.5. The standard InChI is InChI=1S/C9H24O4Si2.C6H10O2/c1-5-6-9(12,8(11)7-10)14-13-15(2,3)4;1-4-8-6(7)5(2)3/h8,10-12H,5-7,14H2,1-4H3;2,4H2,1,3H3. The lowest BCUT2D eigenvalue weighted by molar-refractivity contribution is -0.138. The largest absolute Gasteiger partial charge is 0.463 e. The van der Waals surface area contributed by atoms with Crippen LogP contribution in [-0.4, -0.2) is 63.9 Å². The van der Waals surface area contributed by atoms with E-state index >= 15 is 0 Å². The Bertz CT molecular complexity index is 356. The Kier molecular flexibility index (Phi) is 12.8. The molecule has 0 aliphatic carbocycles. The molecule has 0 radical (unpaired) electrons. The highest BCUT2D eigenvalue weighted by Gasteiger charge is 2.36. The molecule has 0 spiro atoms. The molecule has 0 bridgehead atoms. The van der Waals surface area contributed by atoms with Crippen LogP contribution >= 0.6 is 0 Å². The summed E-state index contributed by atoms with van der Waals surface area (Å²) in [4.78, 5) is 10.4. The molecule has 138 valence electrons. The molecule has 0 aromatic heterocycles. The van der Waals surface area contributed by atoms with Crippen LogP contribution in [0.5, 0.6) is 0 Å². The van der Waals surface area contributed by atoms with Crippen LogP contribution in [0.3, 0.4) is 0 Å². The van der Waals surface area contributed by atoms with Gasteiger partial charge in [-0.05, 0) is 39.9 Å². The topological polar surface area (TPSA) is 96.2 Å². The number of rotatable bonds is 9. The van der Waals surface area contributed by atoms with Crippen molar-refractivity contribution in [3.8, 4) is 0 Å². The fraction of sp³-hybridized carbons (Fsp3) is 0.800. The van der Waals surface area contributed by atoms with Gasteiger partial charge in [0.1, 0.15) is 11.3 Å². The Morgan fingerprint density at radius 1 is 1.35 bits per heavy atom. The number of aliphatic hydroxyl groups excluding tert-OH is 2. The second-order valence-electron chi connectivity index (χ2n) is 6.45. The fourth-order valence-corrected chi connectivity index (χ4v) is 5.08. The van der Waals surface area contributed by atoms with Gasteiger partial charge in [0.05, 0.1) is 13.2 Å². The average Bonchev–Trinajstić information content (AvgIpc) is 2.44. The highest BCUT2D eigenvalue weighted by molar-refractivity contribution is 6.74. The summed E-state index contributed by atoms with van der Waals surface area (Å²) in [5.74, 6) is -0.312. The van der Waals surface area contributed by atoms with Gasteiger partial charge in [-0.2, -0.15) is 0 Å². The lowest BCUT2D eigenvalue weighted by Crippen LogP contribution is -2.52. The monoisotopic (exact) mass is 366 g/mol. The molecule has 0 saturated carbocycles. The number of hydrogen-bond donors (Lipinski definition) is 3. The average molecular weight is 367 g/mol. The summed E-state index contributed by atoms with van der Waals surface area (Å²) < 4.78 is 10.3. The molecular formula is C15H34O6Si2. The van der Waals surface area contributed by atoms with Crippen LogP contribution < -0.4 is 0 Å². The van der Waals surface area contributed by atoms with Gasteiger partial charge in [0, 0.05) is 5.57 Å². The Hall–Kier alpha value is -0.516. The molecule has 0 saturated heterocycles. The van der Waals surface area contributed by atoms with Crippen LogP contribution in [0.2, 0.25) is 19.6 Å². The SMILES string of the molecule is C=C(C)C(=O)OCC.CCCC(O)([SiH2]O[Si](C)(C)C)C(O)CO. The van der Waals surface area contributed by atoms with Crippen LogP contribution in [0, 0.1) is 0 Å². The number of ether oxygens (including phenoxy) is 1. The number of esters is 1. The molecule has 3 N–H and O–H groups in total. The van der Waals surface area contributed by atoms with Crippen molar-refractivity contribution in [3.05, 3.63) is 12.2 Å². The van der Waals surface area contributed by atoms with E-state index in [0.29, 0.717) is 18.6 Å². The van der Waals surface area contributed by atoms with Gasteiger partial charge in [0.15, 0.2) is 18.1 Å². The number of carbonyl (C=O) groups excluding carboxylic acids is 1. The zero-order valence-corrected chi connectivity index (χ0v) is 17.8. The van der Waals surface area contributed by atoms with Crippen molar-refractivity contribution in [1.29, 1.82) is 0 Å². The van der Waals surface area contributed by atoms with Crippen LogP contribution in [0.1, 0.15) is 33.6 Å². The van der Waals surface area contributed by atoms with Gasteiger partial charge in [-0.1, -0.05) is 19.9 Å². The summed E-state index contributed by atoms with van der Waals surface area (Å²) >= 11 is 0. The minimum absolute atomic E-state index is 0.312. The van der Waals surface area contributed by atoms with Gasteiger partial charge >= 0.3 is 5.97 Å². The molecule has 0 aromatic carbocycles. The van der Waals surface area contributed by atoms with E-state index in [1.807, 2.05) is 6.92 Å². The summed E-state index contributed by atoms with van der Waals surface area (Å²) in [6, 6.07) is 0. The van der Waals surface area contributed by atoms with E-state index in [-0.39, 0.29) is 5.97 Å². The van der Waals surface area contributed by atoms with Crippen molar-refractivity contribution < 1.29 is 29.0 Å². The number of carbonyl (C=O) groups is 1. The van der Waals surface area contributed by atoms with Gasteiger partial charge in [-0.25, -0.2) is 4.79 Å². The first-order valence-electron chi connectivity index (χ1n) is 7.91. The van der Waals surface area contributed by atoms with Gasteiger partial charge < -0.3 is 24.2 Å². The molecule has 2 atom stereocenters. The van der Waals surface area contributed by atoms with Crippen molar-refractivity contribution in [2.75, 3.05) is 13.2 Å². The van der Waals surface area contributed by atoms with E-state index in [4.69, 9.17) is 9.22 Å².